The summed E-state index contributed by atoms with van der Waals surface area (Å²) in [6.07, 6.45) is 0.516. The molecule has 1 aromatic carbocycles. The van der Waals surface area contributed by atoms with E-state index in [-0.39, 0.29) is 5.92 Å². The van der Waals surface area contributed by atoms with E-state index in [0.717, 1.165) is 17.0 Å². The van der Waals surface area contributed by atoms with Gasteiger partial charge in [-0.25, -0.2) is 0 Å². The van der Waals surface area contributed by atoms with Crippen molar-refractivity contribution in [1.82, 2.24) is 0 Å². The number of nitrogens with one attached hydrogen (secondary N) is 1. The molecule has 92 valence electrons. The molecule has 4 heteroatoms. The van der Waals surface area contributed by atoms with Crippen LogP contribution in [0.25, 0.3) is 0 Å². The summed E-state index contributed by atoms with van der Waals surface area (Å²) in [5.74, 6) is 0.190. The average molecular weight is 233 g/mol. The highest BCUT2D eigenvalue weighted by Crippen LogP contribution is 2.39. The van der Waals surface area contributed by atoms with Crippen LogP contribution in [0.15, 0.2) is 18.2 Å². The van der Waals surface area contributed by atoms with E-state index in [9.17, 15) is 10.3 Å². The topological polar surface area (TPSA) is 70.4 Å². The van der Waals surface area contributed by atoms with E-state index in [1.807, 2.05) is 13.0 Å². The van der Waals surface area contributed by atoms with E-state index in [1.54, 1.807) is 12.1 Å². The second-order valence-corrected chi connectivity index (χ2v) is 4.65. The molecule has 2 rings (SSSR count). The standard InChI is InChI=1S/C13H17N2O2/c1-8-6-7-10(14)13(16)9-4-3-5-11(12(8)9)15(2)17/h3-5,8,13-14,16H,6-7H2,1-2H3/q-1. The van der Waals surface area contributed by atoms with E-state index < -0.39 is 6.10 Å². The Morgan fingerprint density at radius 1 is 1.47 bits per heavy atom. The van der Waals surface area contributed by atoms with Crippen LogP contribution < -0.4 is 5.06 Å². The Kier molecular flexibility index (Phi) is 3.17. The maximum absolute atomic E-state index is 11.5. The monoisotopic (exact) mass is 233 g/mol. The molecule has 0 bridgehead atoms. The first kappa shape index (κ1) is 12.1. The van der Waals surface area contributed by atoms with Crippen LogP contribution in [0.2, 0.25) is 0 Å². The summed E-state index contributed by atoms with van der Waals surface area (Å²) in [6.45, 7) is 2.04. The predicted octanol–water partition coefficient (Wildman–Crippen LogP) is 2.57. The Morgan fingerprint density at radius 2 is 2.18 bits per heavy atom. The third kappa shape index (κ3) is 2.06. The lowest BCUT2D eigenvalue weighted by Gasteiger charge is -2.30. The van der Waals surface area contributed by atoms with Crippen molar-refractivity contribution in [3.63, 3.8) is 0 Å². The number of fused-ring (bicyclic) bond motifs is 1. The van der Waals surface area contributed by atoms with Gasteiger partial charge in [-0.15, -0.1) is 0 Å². The van der Waals surface area contributed by atoms with E-state index in [2.05, 4.69) is 0 Å². The summed E-state index contributed by atoms with van der Waals surface area (Å²) < 4.78 is 0. The number of benzene rings is 1. The molecule has 0 fully saturated rings. The first-order chi connectivity index (χ1) is 8.02. The molecule has 1 aromatic rings. The van der Waals surface area contributed by atoms with Crippen LogP contribution in [0.5, 0.6) is 0 Å². The zero-order valence-electron chi connectivity index (χ0n) is 10.1. The van der Waals surface area contributed by atoms with Crippen LogP contribution >= 0.6 is 0 Å². The normalized spacial score (nSPS) is 24.1. The molecule has 0 radical (unpaired) electrons. The molecule has 1 aliphatic rings. The van der Waals surface area contributed by atoms with Crippen LogP contribution in [0, 0.1) is 10.6 Å². The molecule has 2 atom stereocenters. The molecule has 0 aromatic heterocycles. The van der Waals surface area contributed by atoms with E-state index in [4.69, 9.17) is 5.41 Å². The van der Waals surface area contributed by atoms with Gasteiger partial charge in [0.05, 0.1) is 0 Å². The molecule has 1 aliphatic carbocycles. The third-order valence-electron chi connectivity index (χ3n) is 3.42. The Labute approximate surface area is 101 Å². The SMILES string of the molecule is CC1CCC(=N)C(O)c2cccc(N(C)[O-])c21. The molecule has 0 saturated heterocycles. The third-order valence-corrected chi connectivity index (χ3v) is 3.42. The zero-order valence-corrected chi connectivity index (χ0v) is 10.1. The minimum Gasteiger partial charge on any atom is -0.758 e. The fraction of sp³-hybridized carbons (Fsp3) is 0.462. The highest BCUT2D eigenvalue weighted by molar-refractivity contribution is 5.88. The Bertz CT molecular complexity index is 443. The van der Waals surface area contributed by atoms with Gasteiger partial charge in [0.1, 0.15) is 6.10 Å². The summed E-state index contributed by atoms with van der Waals surface area (Å²) in [6, 6.07) is 5.34. The molecule has 2 unspecified atom stereocenters. The molecule has 0 heterocycles. The minimum absolute atomic E-state index is 0.190. The Morgan fingerprint density at radius 3 is 2.82 bits per heavy atom. The smallest absolute Gasteiger partial charge is 0.117 e. The fourth-order valence-electron chi connectivity index (χ4n) is 2.46. The van der Waals surface area contributed by atoms with Gasteiger partial charge in [0.25, 0.3) is 0 Å². The number of aliphatic hydroxyl groups excluding tert-OH is 1. The number of hydroxylamine groups is 1. The van der Waals surface area contributed by atoms with Crippen molar-refractivity contribution in [2.45, 2.75) is 31.8 Å². The molecule has 0 saturated carbocycles. The van der Waals surface area contributed by atoms with E-state index >= 15 is 0 Å². The molecule has 0 spiro atoms. The molecular weight excluding hydrogens is 216 g/mol. The summed E-state index contributed by atoms with van der Waals surface area (Å²) in [4.78, 5) is 0. The summed E-state index contributed by atoms with van der Waals surface area (Å²) in [5, 5.41) is 30.3. The van der Waals surface area contributed by atoms with Crippen molar-refractivity contribution >= 4 is 11.4 Å². The predicted molar refractivity (Wildman–Crippen MR) is 68.5 cm³/mol. The zero-order chi connectivity index (χ0) is 12.6. The summed E-state index contributed by atoms with van der Waals surface area (Å²) in [5.41, 5.74) is 2.53. The lowest BCUT2D eigenvalue weighted by Crippen LogP contribution is -2.14. The number of nitrogens with zero attached hydrogens (tertiary/aromatic N) is 1. The summed E-state index contributed by atoms with van der Waals surface area (Å²) in [7, 11) is 1.46. The molecule has 4 nitrogen and oxygen atoms in total. The second kappa shape index (κ2) is 4.47. The Balaban J connectivity index is 2.61. The van der Waals surface area contributed by atoms with Crippen LogP contribution in [0.3, 0.4) is 0 Å². The highest BCUT2D eigenvalue weighted by Gasteiger charge is 2.26. The van der Waals surface area contributed by atoms with Gasteiger partial charge in [-0.1, -0.05) is 19.1 Å². The lowest BCUT2D eigenvalue weighted by atomic mass is 9.92. The van der Waals surface area contributed by atoms with Crippen LogP contribution in [-0.4, -0.2) is 17.9 Å². The molecule has 17 heavy (non-hydrogen) atoms. The maximum Gasteiger partial charge on any atom is 0.117 e. The van der Waals surface area contributed by atoms with E-state index in [1.165, 1.54) is 7.05 Å². The lowest BCUT2D eigenvalue weighted by molar-refractivity contribution is 0.244. The first-order valence-corrected chi connectivity index (χ1v) is 5.81. The molecule has 0 aliphatic heterocycles. The molecule has 2 N–H and O–H groups in total. The van der Waals surface area contributed by atoms with Crippen molar-refractivity contribution < 1.29 is 5.11 Å². The largest absolute Gasteiger partial charge is 0.758 e. The van der Waals surface area contributed by atoms with Crippen molar-refractivity contribution in [2.75, 3.05) is 12.1 Å². The van der Waals surface area contributed by atoms with Gasteiger partial charge in [-0.3, -0.25) is 0 Å². The number of anilines is 1. The highest BCUT2D eigenvalue weighted by atomic mass is 16.5. The second-order valence-electron chi connectivity index (χ2n) is 4.65. The van der Waals surface area contributed by atoms with Crippen molar-refractivity contribution in [1.29, 1.82) is 5.41 Å². The maximum atomic E-state index is 11.5. The number of rotatable bonds is 1. The van der Waals surface area contributed by atoms with Gasteiger partial charge in [-0.2, -0.15) is 0 Å². The van der Waals surface area contributed by atoms with Crippen LogP contribution in [-0.2, 0) is 0 Å². The molecule has 0 amide bonds. The van der Waals surface area contributed by atoms with E-state index in [0.29, 0.717) is 23.4 Å². The van der Waals surface area contributed by atoms with Crippen LogP contribution in [0.1, 0.15) is 42.9 Å². The fourth-order valence-corrected chi connectivity index (χ4v) is 2.46. The number of hydrogen-bond donors (Lipinski definition) is 2. The van der Waals surface area contributed by atoms with Crippen molar-refractivity contribution in [3.05, 3.63) is 34.5 Å². The quantitative estimate of drug-likeness (QED) is 0.578. The van der Waals surface area contributed by atoms with Crippen molar-refractivity contribution in [3.8, 4) is 0 Å². The van der Waals surface area contributed by atoms with Gasteiger partial charge in [-0.05, 0) is 43.0 Å². The van der Waals surface area contributed by atoms with Gasteiger partial charge >= 0.3 is 0 Å². The van der Waals surface area contributed by atoms with Gasteiger partial charge in [0.15, 0.2) is 0 Å². The first-order valence-electron chi connectivity index (χ1n) is 5.81. The van der Waals surface area contributed by atoms with Gasteiger partial charge in [0.2, 0.25) is 0 Å². The minimum atomic E-state index is -0.866. The Hall–Kier alpha value is -1.39. The molecular formula is C13H17N2O2-. The number of aliphatic hydroxyl groups is 1. The van der Waals surface area contributed by atoms with Crippen LogP contribution in [0.4, 0.5) is 5.69 Å². The van der Waals surface area contributed by atoms with Gasteiger partial charge in [0, 0.05) is 11.4 Å². The summed E-state index contributed by atoms with van der Waals surface area (Å²) >= 11 is 0. The number of hydrogen-bond acceptors (Lipinski definition) is 4. The van der Waals surface area contributed by atoms with Gasteiger partial charge < -0.3 is 20.8 Å². The average Bonchev–Trinajstić information content (AvgIpc) is 2.42. The van der Waals surface area contributed by atoms with Crippen molar-refractivity contribution in [2.24, 2.45) is 0 Å².